The van der Waals surface area contributed by atoms with Crippen molar-refractivity contribution in [3.05, 3.63) is 0 Å². The van der Waals surface area contributed by atoms with E-state index in [0.717, 1.165) is 0 Å². The van der Waals surface area contributed by atoms with E-state index in [9.17, 15) is 9.59 Å². The van der Waals surface area contributed by atoms with Crippen molar-refractivity contribution >= 4 is 11.7 Å². The molecule has 0 bridgehead atoms. The first-order valence-corrected chi connectivity index (χ1v) is 14.7. The third kappa shape index (κ3) is 30.0. The number of ketones is 1. The number of Topliss-reactive ketones (excluding diaryl/α,β-unsaturated/α-hetero) is 1. The van der Waals surface area contributed by atoms with E-state index >= 15 is 0 Å². The van der Waals surface area contributed by atoms with Crippen molar-refractivity contribution in [3.63, 3.8) is 0 Å². The monoisotopic (exact) mass is 597 g/mol. The van der Waals surface area contributed by atoms with Crippen molar-refractivity contribution in [3.8, 4) is 0 Å². The van der Waals surface area contributed by atoms with Crippen molar-refractivity contribution in [2.24, 2.45) is 11.6 Å². The van der Waals surface area contributed by atoms with Gasteiger partial charge in [-0.2, -0.15) is 0 Å². The van der Waals surface area contributed by atoms with Gasteiger partial charge in [0.05, 0.1) is 133 Å². The molecular formula is C28H58N3O10+. The minimum atomic E-state index is -0.0616. The molecule has 0 aromatic heterocycles. The zero-order chi connectivity index (χ0) is 31.2. The van der Waals surface area contributed by atoms with Gasteiger partial charge < -0.3 is 53.4 Å². The van der Waals surface area contributed by atoms with Gasteiger partial charge in [0.2, 0.25) is 5.91 Å². The number of carbonyl (C=O) groups excluding carboxylic acids is 2. The van der Waals surface area contributed by atoms with E-state index in [1.807, 2.05) is 27.9 Å². The molecule has 0 aliphatic carbocycles. The van der Waals surface area contributed by atoms with E-state index in [1.54, 1.807) is 0 Å². The smallest absolute Gasteiger partial charge is 0.222 e. The van der Waals surface area contributed by atoms with Crippen molar-refractivity contribution in [2.45, 2.75) is 20.3 Å². The van der Waals surface area contributed by atoms with Crippen LogP contribution in [0.1, 0.15) is 20.3 Å². The number of rotatable bonds is 33. The van der Waals surface area contributed by atoms with Crippen LogP contribution in [0.15, 0.2) is 0 Å². The number of quaternary nitrogens is 1. The lowest BCUT2D eigenvalue weighted by atomic mass is 10.1. The Morgan fingerprint density at radius 1 is 0.659 bits per heavy atom. The minimum absolute atomic E-state index is 0.0262. The van der Waals surface area contributed by atoms with Gasteiger partial charge in [0.25, 0.3) is 0 Å². The van der Waals surface area contributed by atoms with Gasteiger partial charge in [-0.1, -0.05) is 13.8 Å². The van der Waals surface area contributed by atoms with E-state index < -0.39 is 0 Å². The number of nitrogens with zero attached hydrogens (tertiary/aromatic N) is 1. The van der Waals surface area contributed by atoms with Gasteiger partial charge in [-0.15, -0.1) is 0 Å². The second kappa shape index (κ2) is 28.8. The molecule has 244 valence electrons. The highest BCUT2D eigenvalue weighted by atomic mass is 16.6. The van der Waals surface area contributed by atoms with Crippen LogP contribution in [0.5, 0.6) is 0 Å². The summed E-state index contributed by atoms with van der Waals surface area (Å²) in [4.78, 5) is 23.9. The van der Waals surface area contributed by atoms with Crippen LogP contribution in [0.4, 0.5) is 0 Å². The number of likely N-dealkylation sites (N-methyl/N-ethyl adjacent to an activating group) is 1. The van der Waals surface area contributed by atoms with Crippen molar-refractivity contribution < 1.29 is 53.4 Å². The predicted octanol–water partition coefficient (Wildman–Crippen LogP) is -0.114. The highest BCUT2D eigenvalue weighted by Gasteiger charge is 2.21. The van der Waals surface area contributed by atoms with E-state index in [2.05, 4.69) is 11.0 Å². The first kappa shape index (κ1) is 37.8. The number of nitrogens with two attached hydrogens (primary N) is 1. The maximum atomic E-state index is 11.9. The molecular weight excluding hydrogens is 538 g/mol. The molecule has 0 spiro atoms. The molecule has 0 heterocycles. The third-order valence-corrected chi connectivity index (χ3v) is 5.59. The average Bonchev–Trinajstić information content (AvgIpc) is 2.94. The molecule has 41 heavy (non-hydrogen) atoms. The lowest BCUT2D eigenvalue weighted by molar-refractivity contribution is -0.881. The second-order valence-electron chi connectivity index (χ2n) is 10.2. The van der Waals surface area contributed by atoms with Gasteiger partial charge in [-0.25, -0.2) is 0 Å². The van der Waals surface area contributed by atoms with Gasteiger partial charge in [0.15, 0.2) is 5.78 Å². The van der Waals surface area contributed by atoms with Gasteiger partial charge >= 0.3 is 0 Å². The molecule has 3 N–H and O–H groups in total. The quantitative estimate of drug-likeness (QED) is 0.0772. The maximum absolute atomic E-state index is 11.9. The highest BCUT2D eigenvalue weighted by Crippen LogP contribution is 2.02. The van der Waals surface area contributed by atoms with Crippen LogP contribution in [0.3, 0.4) is 0 Å². The standard InChI is InChI=1S/C28H57N3O10/c1-26(2)27(32)25-31(3,4)8-7-30-28(33)5-9-34-11-13-36-15-17-38-19-21-40-23-24-41-22-20-39-18-16-37-14-12-35-10-6-29/h26H,5-25,29H2,1-4H3/p+1/i/hD. The molecule has 0 aromatic carbocycles. The SMILES string of the molecule is [2H]NCCOCCOCCOCCOCCOCCOCCOCCOCCC(=O)NCC[N+](C)(C)CC(=O)C(C)C. The van der Waals surface area contributed by atoms with E-state index in [0.29, 0.717) is 143 Å². The van der Waals surface area contributed by atoms with Crippen molar-refractivity contribution in [2.75, 3.05) is 146 Å². The molecule has 0 unspecified atom stereocenters. The lowest BCUT2D eigenvalue weighted by Crippen LogP contribution is -2.49. The van der Waals surface area contributed by atoms with Crippen LogP contribution in [0, 0.1) is 5.92 Å². The number of amides is 1. The van der Waals surface area contributed by atoms with Crippen molar-refractivity contribution in [1.29, 1.82) is 0 Å². The number of hydrogen-bond acceptors (Lipinski definition) is 11. The fourth-order valence-corrected chi connectivity index (χ4v) is 3.15. The third-order valence-electron chi connectivity index (χ3n) is 5.59. The normalized spacial score (nSPS) is 12.2. The summed E-state index contributed by atoms with van der Waals surface area (Å²) in [6.07, 6.45) is 0.292. The molecule has 1 amide bonds. The summed E-state index contributed by atoms with van der Waals surface area (Å²) in [6, 6.07) is 0. The summed E-state index contributed by atoms with van der Waals surface area (Å²) >= 11 is 0. The molecule has 0 saturated carbocycles. The average molecular weight is 598 g/mol. The summed E-state index contributed by atoms with van der Waals surface area (Å²) in [7, 11) is 3.99. The van der Waals surface area contributed by atoms with Gasteiger partial charge in [0.1, 0.15) is 7.96 Å². The van der Waals surface area contributed by atoms with Crippen LogP contribution in [0.2, 0.25) is 1.41 Å². The molecule has 0 aliphatic rings. The molecule has 0 aliphatic heterocycles. The summed E-state index contributed by atoms with van der Waals surface area (Å²) < 4.78 is 50.6. The summed E-state index contributed by atoms with van der Waals surface area (Å²) in [5.74, 6) is 0.193. The van der Waals surface area contributed by atoms with Crippen LogP contribution in [-0.4, -0.2) is 162 Å². The van der Waals surface area contributed by atoms with Crippen LogP contribution >= 0.6 is 0 Å². The lowest BCUT2D eigenvalue weighted by Gasteiger charge is -2.29. The molecule has 0 rings (SSSR count). The Kier molecular flexibility index (Phi) is 26.6. The zero-order valence-corrected chi connectivity index (χ0v) is 26.0. The van der Waals surface area contributed by atoms with E-state index in [4.69, 9.17) is 39.3 Å². The van der Waals surface area contributed by atoms with E-state index in [-0.39, 0.29) is 17.6 Å². The molecule has 0 fully saturated rings. The first-order valence-electron chi connectivity index (χ1n) is 15.2. The molecule has 0 atom stereocenters. The van der Waals surface area contributed by atoms with Crippen LogP contribution < -0.4 is 11.0 Å². The summed E-state index contributed by atoms with van der Waals surface area (Å²) in [5, 5.41) is 2.88. The number of hydrogen-bond donors (Lipinski definition) is 2. The Labute approximate surface area is 248 Å². The van der Waals surface area contributed by atoms with Crippen molar-refractivity contribution in [1.82, 2.24) is 5.32 Å². The minimum Gasteiger partial charge on any atom is -0.379 e. The van der Waals surface area contributed by atoms with Crippen LogP contribution in [-0.2, 0) is 47.5 Å². The summed E-state index contributed by atoms with van der Waals surface area (Å²) in [6.45, 7) is 13.6. The maximum Gasteiger partial charge on any atom is 0.222 e. The largest absolute Gasteiger partial charge is 0.379 e. The Bertz CT molecular complexity index is 633. The Morgan fingerprint density at radius 2 is 1.02 bits per heavy atom. The topological polar surface area (TPSA) is 146 Å². The molecule has 13 nitrogen and oxygen atoms in total. The highest BCUT2D eigenvalue weighted by molar-refractivity contribution is 5.81. The molecule has 13 heteroatoms. The van der Waals surface area contributed by atoms with Gasteiger partial charge in [-0.05, 0) is 0 Å². The van der Waals surface area contributed by atoms with Gasteiger partial charge in [0, 0.05) is 18.9 Å². The first-order chi connectivity index (χ1) is 20.3. The fraction of sp³-hybridized carbons (Fsp3) is 0.929. The molecule has 0 aromatic rings. The number of ether oxygens (including phenoxy) is 8. The van der Waals surface area contributed by atoms with Gasteiger partial charge in [-0.3, -0.25) is 9.59 Å². The zero-order valence-electron chi connectivity index (χ0n) is 27.0. The Hall–Kier alpha value is -1.26. The van der Waals surface area contributed by atoms with Crippen LogP contribution in [0.25, 0.3) is 0 Å². The number of nitrogens with one attached hydrogen (secondary N) is 1. The Morgan fingerprint density at radius 3 is 1.39 bits per heavy atom. The molecule has 0 radical (unpaired) electrons. The fourth-order valence-electron chi connectivity index (χ4n) is 3.15. The summed E-state index contributed by atoms with van der Waals surface area (Å²) in [5.41, 5.74) is 2.26. The Balaban J connectivity index is 3.27. The predicted molar refractivity (Wildman–Crippen MR) is 155 cm³/mol. The second-order valence-corrected chi connectivity index (χ2v) is 10.2. The molecule has 0 saturated heterocycles. The number of carbonyl (C=O) groups is 2. The van der Waals surface area contributed by atoms with E-state index in [1.165, 1.54) is 0 Å².